The minimum absolute atomic E-state index is 0.133. The molecule has 0 aliphatic heterocycles. The standard InChI is InChI=1S/C26H28N2O3/c1-20-13-15-22(16-14-20)17-27-26(30)21(2)28(18-23-9-5-3-6-10-23)25(29)19-31-24-11-7-4-8-12-24/h3-16,21H,17-19H2,1-2H3,(H,27,30)/t21-/m1/s1. The summed E-state index contributed by atoms with van der Waals surface area (Å²) in [6.07, 6.45) is 0. The fourth-order valence-corrected chi connectivity index (χ4v) is 3.15. The second-order valence-electron chi connectivity index (χ2n) is 7.49. The highest BCUT2D eigenvalue weighted by Crippen LogP contribution is 2.13. The first-order valence-electron chi connectivity index (χ1n) is 10.4. The molecule has 1 N–H and O–H groups in total. The minimum Gasteiger partial charge on any atom is -0.484 e. The lowest BCUT2D eigenvalue weighted by molar-refractivity contribution is -0.142. The summed E-state index contributed by atoms with van der Waals surface area (Å²) in [6, 6.07) is 26.2. The molecular formula is C26H28N2O3. The quantitative estimate of drug-likeness (QED) is 0.571. The summed E-state index contributed by atoms with van der Waals surface area (Å²) in [4.78, 5) is 27.4. The van der Waals surface area contributed by atoms with Crippen molar-refractivity contribution in [3.8, 4) is 5.75 Å². The molecule has 1 atom stereocenters. The van der Waals surface area contributed by atoms with Crippen molar-refractivity contribution in [2.45, 2.75) is 33.0 Å². The Morgan fingerprint density at radius 1 is 0.871 bits per heavy atom. The number of aryl methyl sites for hydroxylation is 1. The van der Waals surface area contributed by atoms with Crippen LogP contribution in [0.2, 0.25) is 0 Å². The Hall–Kier alpha value is -3.60. The number of carbonyl (C=O) groups excluding carboxylic acids is 2. The van der Waals surface area contributed by atoms with Gasteiger partial charge in [0.15, 0.2) is 6.61 Å². The van der Waals surface area contributed by atoms with Crippen LogP contribution in [0, 0.1) is 6.92 Å². The zero-order valence-electron chi connectivity index (χ0n) is 18.0. The van der Waals surface area contributed by atoms with E-state index in [0.29, 0.717) is 18.8 Å². The van der Waals surface area contributed by atoms with Crippen molar-refractivity contribution >= 4 is 11.8 Å². The number of benzene rings is 3. The molecule has 0 saturated heterocycles. The van der Waals surface area contributed by atoms with E-state index in [-0.39, 0.29) is 18.4 Å². The van der Waals surface area contributed by atoms with Gasteiger partial charge in [-0.25, -0.2) is 0 Å². The predicted molar refractivity (Wildman–Crippen MR) is 121 cm³/mol. The maximum atomic E-state index is 13.0. The Kier molecular flexibility index (Phi) is 7.82. The average Bonchev–Trinajstić information content (AvgIpc) is 2.81. The Morgan fingerprint density at radius 2 is 1.48 bits per heavy atom. The summed E-state index contributed by atoms with van der Waals surface area (Å²) in [5.41, 5.74) is 3.13. The molecule has 0 aromatic heterocycles. The SMILES string of the molecule is Cc1ccc(CNC(=O)[C@@H](C)N(Cc2ccccc2)C(=O)COc2ccccc2)cc1. The lowest BCUT2D eigenvalue weighted by atomic mass is 10.1. The van der Waals surface area contributed by atoms with Crippen molar-refractivity contribution in [2.24, 2.45) is 0 Å². The number of nitrogens with one attached hydrogen (secondary N) is 1. The molecule has 0 heterocycles. The molecule has 5 nitrogen and oxygen atoms in total. The van der Waals surface area contributed by atoms with Gasteiger partial charge in [-0.05, 0) is 37.1 Å². The van der Waals surface area contributed by atoms with Crippen LogP contribution >= 0.6 is 0 Å². The fraction of sp³-hybridized carbons (Fsp3) is 0.231. The molecule has 0 aliphatic carbocycles. The largest absolute Gasteiger partial charge is 0.484 e. The molecule has 0 unspecified atom stereocenters. The summed E-state index contributed by atoms with van der Waals surface area (Å²) < 4.78 is 5.63. The van der Waals surface area contributed by atoms with E-state index in [1.54, 1.807) is 24.0 Å². The number of hydrogen-bond acceptors (Lipinski definition) is 3. The first-order chi connectivity index (χ1) is 15.0. The third-order valence-corrected chi connectivity index (χ3v) is 5.06. The van der Waals surface area contributed by atoms with Gasteiger partial charge in [0.25, 0.3) is 5.91 Å². The van der Waals surface area contributed by atoms with E-state index in [1.807, 2.05) is 79.7 Å². The summed E-state index contributed by atoms with van der Waals surface area (Å²) >= 11 is 0. The van der Waals surface area contributed by atoms with Gasteiger partial charge in [-0.1, -0.05) is 78.4 Å². The van der Waals surface area contributed by atoms with E-state index in [9.17, 15) is 9.59 Å². The second kappa shape index (κ2) is 11.0. The van der Waals surface area contributed by atoms with Crippen molar-refractivity contribution in [1.82, 2.24) is 10.2 Å². The molecule has 0 fully saturated rings. The van der Waals surface area contributed by atoms with Crippen LogP contribution in [0.5, 0.6) is 5.75 Å². The third kappa shape index (κ3) is 6.71. The summed E-state index contributed by atoms with van der Waals surface area (Å²) in [5, 5.41) is 2.94. The number of hydrogen-bond donors (Lipinski definition) is 1. The number of amides is 2. The topological polar surface area (TPSA) is 58.6 Å². The molecule has 2 amide bonds. The van der Waals surface area contributed by atoms with Gasteiger partial charge in [-0.3, -0.25) is 9.59 Å². The van der Waals surface area contributed by atoms with Crippen molar-refractivity contribution in [2.75, 3.05) is 6.61 Å². The Morgan fingerprint density at radius 3 is 2.13 bits per heavy atom. The van der Waals surface area contributed by atoms with Crippen molar-refractivity contribution in [3.63, 3.8) is 0 Å². The van der Waals surface area contributed by atoms with Gasteiger partial charge in [0.05, 0.1) is 0 Å². The van der Waals surface area contributed by atoms with Gasteiger partial charge in [0, 0.05) is 13.1 Å². The van der Waals surface area contributed by atoms with Crippen LogP contribution in [-0.2, 0) is 22.7 Å². The molecule has 31 heavy (non-hydrogen) atoms. The third-order valence-electron chi connectivity index (χ3n) is 5.06. The van der Waals surface area contributed by atoms with E-state index in [2.05, 4.69) is 5.32 Å². The molecule has 0 aliphatic rings. The lowest BCUT2D eigenvalue weighted by Gasteiger charge is -2.28. The van der Waals surface area contributed by atoms with Crippen LogP contribution < -0.4 is 10.1 Å². The maximum Gasteiger partial charge on any atom is 0.261 e. The van der Waals surface area contributed by atoms with E-state index in [4.69, 9.17) is 4.74 Å². The van der Waals surface area contributed by atoms with E-state index >= 15 is 0 Å². The van der Waals surface area contributed by atoms with E-state index in [1.165, 1.54) is 5.56 Å². The number of ether oxygens (including phenoxy) is 1. The lowest BCUT2D eigenvalue weighted by Crippen LogP contribution is -2.48. The number of nitrogens with zero attached hydrogens (tertiary/aromatic N) is 1. The first kappa shape index (κ1) is 22.1. The molecule has 0 radical (unpaired) electrons. The summed E-state index contributed by atoms with van der Waals surface area (Å²) in [7, 11) is 0. The highest BCUT2D eigenvalue weighted by molar-refractivity contribution is 5.87. The van der Waals surface area contributed by atoms with Crippen molar-refractivity contribution in [1.29, 1.82) is 0 Å². The molecule has 3 rings (SSSR count). The molecule has 160 valence electrons. The molecule has 0 spiro atoms. The van der Waals surface area contributed by atoms with E-state index in [0.717, 1.165) is 11.1 Å². The monoisotopic (exact) mass is 416 g/mol. The van der Waals surface area contributed by atoms with Crippen LogP contribution in [0.15, 0.2) is 84.9 Å². The smallest absolute Gasteiger partial charge is 0.261 e. The Labute approximate surface area is 183 Å². The Bertz CT molecular complexity index is 973. The second-order valence-corrected chi connectivity index (χ2v) is 7.49. The minimum atomic E-state index is -0.641. The number of rotatable bonds is 9. The summed E-state index contributed by atoms with van der Waals surface area (Å²) in [6.45, 7) is 4.38. The summed E-state index contributed by atoms with van der Waals surface area (Å²) in [5.74, 6) is 0.169. The van der Waals surface area contributed by atoms with Crippen molar-refractivity contribution in [3.05, 3.63) is 102 Å². The van der Waals surface area contributed by atoms with Gasteiger partial charge in [-0.15, -0.1) is 0 Å². The van der Waals surface area contributed by atoms with Gasteiger partial charge in [-0.2, -0.15) is 0 Å². The number of carbonyl (C=O) groups is 2. The average molecular weight is 417 g/mol. The molecule has 3 aromatic rings. The molecule has 0 bridgehead atoms. The molecule has 5 heteroatoms. The first-order valence-corrected chi connectivity index (χ1v) is 10.4. The zero-order valence-corrected chi connectivity index (χ0v) is 18.0. The van der Waals surface area contributed by atoms with Crippen LogP contribution in [0.25, 0.3) is 0 Å². The van der Waals surface area contributed by atoms with Crippen molar-refractivity contribution < 1.29 is 14.3 Å². The predicted octanol–water partition coefficient (Wildman–Crippen LogP) is 4.11. The highest BCUT2D eigenvalue weighted by Gasteiger charge is 2.26. The van der Waals surface area contributed by atoms with Crippen LogP contribution in [0.4, 0.5) is 0 Å². The fourth-order valence-electron chi connectivity index (χ4n) is 3.15. The normalized spacial score (nSPS) is 11.4. The molecular weight excluding hydrogens is 388 g/mol. The zero-order chi connectivity index (χ0) is 22.1. The van der Waals surface area contributed by atoms with Gasteiger partial charge in [0.2, 0.25) is 5.91 Å². The van der Waals surface area contributed by atoms with E-state index < -0.39 is 6.04 Å². The molecule has 0 saturated carbocycles. The maximum absolute atomic E-state index is 13.0. The van der Waals surface area contributed by atoms with Crippen LogP contribution in [0.3, 0.4) is 0 Å². The Balaban J connectivity index is 1.66. The van der Waals surface area contributed by atoms with Gasteiger partial charge >= 0.3 is 0 Å². The molecule has 3 aromatic carbocycles. The number of para-hydroxylation sites is 1. The van der Waals surface area contributed by atoms with Gasteiger partial charge < -0.3 is 15.0 Å². The highest BCUT2D eigenvalue weighted by atomic mass is 16.5. The van der Waals surface area contributed by atoms with Crippen LogP contribution in [-0.4, -0.2) is 29.4 Å². The van der Waals surface area contributed by atoms with Gasteiger partial charge in [0.1, 0.15) is 11.8 Å². The van der Waals surface area contributed by atoms with Crippen LogP contribution in [0.1, 0.15) is 23.6 Å².